The van der Waals surface area contributed by atoms with Gasteiger partial charge in [-0.05, 0) is 19.8 Å². The van der Waals surface area contributed by atoms with E-state index in [0.717, 1.165) is 13.0 Å². The van der Waals surface area contributed by atoms with Crippen LogP contribution in [0.4, 0.5) is 0 Å². The second kappa shape index (κ2) is 8.97. The van der Waals surface area contributed by atoms with Gasteiger partial charge in [0.15, 0.2) is 0 Å². The summed E-state index contributed by atoms with van der Waals surface area (Å²) in [6.07, 6.45) is 1.89. The molecule has 0 amide bonds. The van der Waals surface area contributed by atoms with Crippen LogP contribution in [0.2, 0.25) is 0 Å². The van der Waals surface area contributed by atoms with Gasteiger partial charge in [-0.2, -0.15) is 0 Å². The summed E-state index contributed by atoms with van der Waals surface area (Å²) in [6, 6.07) is 0. The first kappa shape index (κ1) is 11.9. The van der Waals surface area contributed by atoms with E-state index in [-0.39, 0.29) is 12.7 Å². The third-order valence-electron chi connectivity index (χ3n) is 1.41. The zero-order valence-corrected chi connectivity index (χ0v) is 8.08. The average Bonchev–Trinajstić information content (AvgIpc) is 2.06. The van der Waals surface area contributed by atoms with Crippen LogP contribution in [0.15, 0.2) is 0 Å². The Hall–Kier alpha value is -0.120. The molecular weight excluding hydrogens is 156 g/mol. The normalized spacial score (nSPS) is 13.2. The summed E-state index contributed by atoms with van der Waals surface area (Å²) < 4.78 is 10.6. The van der Waals surface area contributed by atoms with Crippen LogP contribution in [-0.2, 0) is 9.47 Å². The highest BCUT2D eigenvalue weighted by atomic mass is 16.5. The first-order valence-corrected chi connectivity index (χ1v) is 4.61. The van der Waals surface area contributed by atoms with Gasteiger partial charge in [-0.15, -0.1) is 0 Å². The molecule has 0 aliphatic heterocycles. The van der Waals surface area contributed by atoms with Gasteiger partial charge in [0.2, 0.25) is 0 Å². The van der Waals surface area contributed by atoms with E-state index in [9.17, 15) is 0 Å². The molecule has 0 spiro atoms. The molecule has 0 aliphatic rings. The lowest BCUT2D eigenvalue weighted by Crippen LogP contribution is -2.17. The molecule has 1 N–H and O–H groups in total. The van der Waals surface area contributed by atoms with E-state index in [2.05, 4.69) is 6.92 Å². The molecule has 12 heavy (non-hydrogen) atoms. The van der Waals surface area contributed by atoms with Gasteiger partial charge in [-0.3, -0.25) is 0 Å². The van der Waals surface area contributed by atoms with Crippen LogP contribution in [0.3, 0.4) is 0 Å². The van der Waals surface area contributed by atoms with E-state index in [0.29, 0.717) is 19.6 Å². The maximum atomic E-state index is 8.48. The van der Waals surface area contributed by atoms with Gasteiger partial charge < -0.3 is 14.6 Å². The maximum absolute atomic E-state index is 8.48. The van der Waals surface area contributed by atoms with Crippen molar-refractivity contribution in [2.24, 2.45) is 0 Å². The first-order chi connectivity index (χ1) is 5.81. The molecule has 0 aliphatic carbocycles. The number of aliphatic hydroxyl groups is 1. The van der Waals surface area contributed by atoms with Crippen molar-refractivity contribution in [2.45, 2.75) is 32.8 Å². The fraction of sp³-hybridized carbons (Fsp3) is 1.00. The van der Waals surface area contributed by atoms with E-state index in [4.69, 9.17) is 14.6 Å². The minimum absolute atomic E-state index is 0.142. The SMILES string of the molecule is CCCOCC(C)OCCCO. The highest BCUT2D eigenvalue weighted by molar-refractivity contribution is 4.46. The average molecular weight is 176 g/mol. The summed E-state index contributed by atoms with van der Waals surface area (Å²) in [5.41, 5.74) is 0. The van der Waals surface area contributed by atoms with Gasteiger partial charge >= 0.3 is 0 Å². The molecule has 3 nitrogen and oxygen atoms in total. The Morgan fingerprint density at radius 3 is 2.67 bits per heavy atom. The molecule has 0 aromatic carbocycles. The van der Waals surface area contributed by atoms with Gasteiger partial charge in [0.05, 0.1) is 12.7 Å². The van der Waals surface area contributed by atoms with Gasteiger partial charge in [0, 0.05) is 19.8 Å². The lowest BCUT2D eigenvalue weighted by molar-refractivity contribution is -0.0103. The molecule has 0 aromatic rings. The molecule has 3 heteroatoms. The molecule has 0 rings (SSSR count). The van der Waals surface area contributed by atoms with Crippen LogP contribution >= 0.6 is 0 Å². The second-order valence-corrected chi connectivity index (χ2v) is 2.83. The molecule has 0 heterocycles. The van der Waals surface area contributed by atoms with Crippen molar-refractivity contribution >= 4 is 0 Å². The number of hydrogen-bond donors (Lipinski definition) is 1. The third kappa shape index (κ3) is 7.98. The fourth-order valence-electron chi connectivity index (χ4n) is 0.791. The summed E-state index contributed by atoms with van der Waals surface area (Å²) in [7, 11) is 0. The summed E-state index contributed by atoms with van der Waals surface area (Å²) in [4.78, 5) is 0. The minimum atomic E-state index is 0.142. The van der Waals surface area contributed by atoms with Gasteiger partial charge in [-0.1, -0.05) is 6.92 Å². The quantitative estimate of drug-likeness (QED) is 0.565. The minimum Gasteiger partial charge on any atom is -0.396 e. The Morgan fingerprint density at radius 2 is 2.08 bits per heavy atom. The molecule has 0 aromatic heterocycles. The van der Waals surface area contributed by atoms with Crippen molar-refractivity contribution in [3.05, 3.63) is 0 Å². The highest BCUT2D eigenvalue weighted by Crippen LogP contribution is 1.94. The topological polar surface area (TPSA) is 38.7 Å². The molecular formula is C9H20O3. The number of ether oxygens (including phenoxy) is 2. The molecule has 0 fully saturated rings. The van der Waals surface area contributed by atoms with Crippen LogP contribution in [-0.4, -0.2) is 37.6 Å². The molecule has 0 saturated heterocycles. The Labute approximate surface area is 74.7 Å². The van der Waals surface area contributed by atoms with Crippen LogP contribution in [0, 0.1) is 0 Å². The third-order valence-corrected chi connectivity index (χ3v) is 1.41. The van der Waals surface area contributed by atoms with E-state index >= 15 is 0 Å². The number of aliphatic hydroxyl groups excluding tert-OH is 1. The summed E-state index contributed by atoms with van der Waals surface area (Å²) in [6.45, 7) is 6.33. The largest absolute Gasteiger partial charge is 0.396 e. The molecule has 1 unspecified atom stereocenters. The molecule has 1 atom stereocenters. The molecule has 0 saturated carbocycles. The second-order valence-electron chi connectivity index (χ2n) is 2.83. The van der Waals surface area contributed by atoms with Crippen molar-refractivity contribution in [1.82, 2.24) is 0 Å². The Bertz CT molecular complexity index is 75.8. The van der Waals surface area contributed by atoms with Crippen LogP contribution in [0.1, 0.15) is 26.7 Å². The van der Waals surface area contributed by atoms with Crippen molar-refractivity contribution in [1.29, 1.82) is 0 Å². The molecule has 0 radical (unpaired) electrons. The predicted molar refractivity (Wildman–Crippen MR) is 48.2 cm³/mol. The number of rotatable bonds is 8. The highest BCUT2D eigenvalue weighted by Gasteiger charge is 2.00. The lowest BCUT2D eigenvalue weighted by atomic mass is 10.4. The summed E-state index contributed by atoms with van der Waals surface area (Å²) in [5.74, 6) is 0. The van der Waals surface area contributed by atoms with E-state index in [1.165, 1.54) is 0 Å². The Kier molecular flexibility index (Phi) is 8.88. The van der Waals surface area contributed by atoms with E-state index in [1.807, 2.05) is 6.92 Å². The first-order valence-electron chi connectivity index (χ1n) is 4.61. The van der Waals surface area contributed by atoms with Gasteiger partial charge in [0.25, 0.3) is 0 Å². The molecule has 74 valence electrons. The Morgan fingerprint density at radius 1 is 1.33 bits per heavy atom. The van der Waals surface area contributed by atoms with Crippen LogP contribution in [0.5, 0.6) is 0 Å². The van der Waals surface area contributed by atoms with Crippen molar-refractivity contribution in [3.8, 4) is 0 Å². The summed E-state index contributed by atoms with van der Waals surface area (Å²) >= 11 is 0. The predicted octanol–water partition coefficient (Wildman–Crippen LogP) is 1.20. The van der Waals surface area contributed by atoms with Crippen LogP contribution in [0.25, 0.3) is 0 Å². The molecule has 0 bridgehead atoms. The Balaban J connectivity index is 3.04. The fourth-order valence-corrected chi connectivity index (χ4v) is 0.791. The van der Waals surface area contributed by atoms with Crippen molar-refractivity contribution in [2.75, 3.05) is 26.4 Å². The zero-order valence-electron chi connectivity index (χ0n) is 8.08. The zero-order chi connectivity index (χ0) is 9.23. The van der Waals surface area contributed by atoms with Crippen LogP contribution < -0.4 is 0 Å². The monoisotopic (exact) mass is 176 g/mol. The smallest absolute Gasteiger partial charge is 0.0780 e. The van der Waals surface area contributed by atoms with Crippen molar-refractivity contribution < 1.29 is 14.6 Å². The lowest BCUT2D eigenvalue weighted by Gasteiger charge is -2.12. The summed E-state index contributed by atoms with van der Waals surface area (Å²) in [5, 5.41) is 8.48. The van der Waals surface area contributed by atoms with Gasteiger partial charge in [-0.25, -0.2) is 0 Å². The standard InChI is InChI=1S/C9H20O3/c1-3-6-11-8-9(2)12-7-4-5-10/h9-10H,3-8H2,1-2H3. The number of hydrogen-bond acceptors (Lipinski definition) is 3. The van der Waals surface area contributed by atoms with Crippen molar-refractivity contribution in [3.63, 3.8) is 0 Å². The van der Waals surface area contributed by atoms with E-state index < -0.39 is 0 Å². The van der Waals surface area contributed by atoms with Gasteiger partial charge in [0.1, 0.15) is 0 Å². The maximum Gasteiger partial charge on any atom is 0.0780 e. The van der Waals surface area contributed by atoms with E-state index in [1.54, 1.807) is 0 Å².